The summed E-state index contributed by atoms with van der Waals surface area (Å²) >= 11 is 0. The Morgan fingerprint density at radius 2 is 1.82 bits per heavy atom. The molecule has 1 heterocycles. The number of sulfone groups is 1. The zero-order chi connectivity index (χ0) is 20.1. The van der Waals surface area contributed by atoms with Crippen molar-refractivity contribution in [3.63, 3.8) is 0 Å². The number of likely N-dealkylation sites (tertiary alicyclic amines) is 1. The molecule has 28 heavy (non-hydrogen) atoms. The molecule has 2 aliphatic rings. The van der Waals surface area contributed by atoms with Gasteiger partial charge in [0, 0.05) is 12.5 Å². The standard InChI is InChI=1S/C20H25N3O4S/c21-11-12-22-19(24)18-13-17(28(26,27)16-9-5-2-6-10-16)14-23(18)20(25)15-7-3-1-4-8-15/h2,5-6,9-10,15,17-18H,1,3-4,7-8,12-14H2,(H,22,24)/t17-,18+/m1/s1. The number of nitriles is 1. The molecular weight excluding hydrogens is 378 g/mol. The van der Waals surface area contributed by atoms with E-state index in [1.807, 2.05) is 6.07 Å². The molecule has 1 saturated carbocycles. The normalized spacial score (nSPS) is 23.2. The van der Waals surface area contributed by atoms with Gasteiger partial charge in [-0.05, 0) is 31.4 Å². The fourth-order valence-electron chi connectivity index (χ4n) is 4.15. The number of carbonyl (C=O) groups is 2. The number of benzene rings is 1. The summed E-state index contributed by atoms with van der Waals surface area (Å²) in [6, 6.07) is 9.11. The van der Waals surface area contributed by atoms with E-state index in [0.29, 0.717) is 0 Å². The lowest BCUT2D eigenvalue weighted by Gasteiger charge is -2.29. The van der Waals surface area contributed by atoms with Crippen LogP contribution in [0.2, 0.25) is 0 Å². The molecule has 3 rings (SSSR count). The molecule has 0 spiro atoms. The van der Waals surface area contributed by atoms with Gasteiger partial charge >= 0.3 is 0 Å². The van der Waals surface area contributed by atoms with E-state index in [2.05, 4.69) is 5.32 Å². The van der Waals surface area contributed by atoms with Crippen molar-refractivity contribution in [1.29, 1.82) is 5.26 Å². The maximum absolute atomic E-state index is 13.1. The van der Waals surface area contributed by atoms with Gasteiger partial charge in [0.25, 0.3) is 0 Å². The maximum atomic E-state index is 13.1. The summed E-state index contributed by atoms with van der Waals surface area (Å²) in [5.74, 6) is -0.753. The number of nitrogens with zero attached hydrogens (tertiary/aromatic N) is 2. The van der Waals surface area contributed by atoms with Gasteiger partial charge in [0.2, 0.25) is 11.8 Å². The molecule has 7 nitrogen and oxygen atoms in total. The first kappa shape index (κ1) is 20.3. The van der Waals surface area contributed by atoms with Crippen LogP contribution in [-0.2, 0) is 19.4 Å². The lowest BCUT2D eigenvalue weighted by molar-refractivity contribution is -0.142. The van der Waals surface area contributed by atoms with Gasteiger partial charge in [-0.25, -0.2) is 8.42 Å². The highest BCUT2D eigenvalue weighted by Gasteiger charge is 2.46. The molecule has 1 aliphatic carbocycles. The van der Waals surface area contributed by atoms with Crippen molar-refractivity contribution in [1.82, 2.24) is 10.2 Å². The number of hydrogen-bond donors (Lipinski definition) is 1. The fourth-order valence-corrected chi connectivity index (χ4v) is 5.86. The second kappa shape index (κ2) is 8.74. The van der Waals surface area contributed by atoms with Crippen molar-refractivity contribution >= 4 is 21.7 Å². The fraction of sp³-hybridized carbons (Fsp3) is 0.550. The number of carbonyl (C=O) groups excluding carboxylic acids is 2. The molecule has 1 aliphatic heterocycles. The summed E-state index contributed by atoms with van der Waals surface area (Å²) < 4.78 is 26.1. The van der Waals surface area contributed by atoms with Gasteiger partial charge in [-0.2, -0.15) is 5.26 Å². The van der Waals surface area contributed by atoms with Gasteiger partial charge in [-0.1, -0.05) is 37.5 Å². The van der Waals surface area contributed by atoms with Crippen LogP contribution in [-0.4, -0.2) is 49.5 Å². The Labute approximate surface area is 165 Å². The second-order valence-corrected chi connectivity index (χ2v) is 9.66. The summed E-state index contributed by atoms with van der Waals surface area (Å²) in [6.07, 6.45) is 4.65. The SMILES string of the molecule is N#CCNC(=O)[C@@H]1C[C@@H](S(=O)(=O)c2ccccc2)CN1C(=O)C1CCCCC1. The minimum absolute atomic E-state index is 0.0111. The number of amides is 2. The molecule has 150 valence electrons. The van der Waals surface area contributed by atoms with Gasteiger partial charge in [0.1, 0.15) is 12.6 Å². The zero-order valence-corrected chi connectivity index (χ0v) is 16.5. The zero-order valence-electron chi connectivity index (χ0n) is 15.7. The van der Waals surface area contributed by atoms with Gasteiger partial charge < -0.3 is 10.2 Å². The average Bonchev–Trinajstić information content (AvgIpc) is 3.19. The molecule has 0 aromatic heterocycles. The maximum Gasteiger partial charge on any atom is 0.243 e. The first-order chi connectivity index (χ1) is 13.4. The molecule has 2 amide bonds. The molecule has 2 atom stereocenters. The second-order valence-electron chi connectivity index (χ2n) is 7.43. The van der Waals surface area contributed by atoms with Crippen LogP contribution in [0, 0.1) is 17.2 Å². The Kier molecular flexibility index (Phi) is 6.35. The van der Waals surface area contributed by atoms with Crippen LogP contribution in [0.5, 0.6) is 0 Å². The van der Waals surface area contributed by atoms with E-state index >= 15 is 0 Å². The highest BCUT2D eigenvalue weighted by atomic mass is 32.2. The van der Waals surface area contributed by atoms with Crippen LogP contribution in [0.3, 0.4) is 0 Å². The smallest absolute Gasteiger partial charge is 0.243 e. The average molecular weight is 404 g/mol. The lowest BCUT2D eigenvalue weighted by Crippen LogP contribution is -2.48. The van der Waals surface area contributed by atoms with E-state index in [1.54, 1.807) is 18.2 Å². The molecule has 1 aromatic carbocycles. The van der Waals surface area contributed by atoms with Crippen molar-refractivity contribution in [2.45, 2.75) is 54.7 Å². The van der Waals surface area contributed by atoms with Gasteiger partial charge in [-0.3, -0.25) is 9.59 Å². The predicted octanol–water partition coefficient (Wildman–Crippen LogP) is 1.65. The highest BCUT2D eigenvalue weighted by Crippen LogP contribution is 2.32. The van der Waals surface area contributed by atoms with E-state index in [0.717, 1.165) is 32.1 Å². The van der Waals surface area contributed by atoms with Crippen molar-refractivity contribution in [3.05, 3.63) is 30.3 Å². The molecule has 0 unspecified atom stereocenters. The van der Waals surface area contributed by atoms with E-state index in [4.69, 9.17) is 5.26 Å². The monoisotopic (exact) mass is 403 g/mol. The molecule has 8 heteroatoms. The van der Waals surface area contributed by atoms with Gasteiger partial charge in [0.15, 0.2) is 9.84 Å². The van der Waals surface area contributed by atoms with Gasteiger partial charge in [-0.15, -0.1) is 0 Å². The first-order valence-corrected chi connectivity index (χ1v) is 11.2. The summed E-state index contributed by atoms with van der Waals surface area (Å²) in [6.45, 7) is -0.159. The quantitative estimate of drug-likeness (QED) is 0.752. The molecule has 0 bridgehead atoms. The first-order valence-electron chi connectivity index (χ1n) is 9.69. The van der Waals surface area contributed by atoms with Gasteiger partial charge in [0.05, 0.1) is 16.2 Å². The van der Waals surface area contributed by atoms with Crippen LogP contribution >= 0.6 is 0 Å². The third kappa shape index (κ3) is 4.20. The Balaban J connectivity index is 1.84. The van der Waals surface area contributed by atoms with Crippen molar-refractivity contribution < 1.29 is 18.0 Å². The van der Waals surface area contributed by atoms with Crippen molar-refractivity contribution in [2.75, 3.05) is 13.1 Å². The van der Waals surface area contributed by atoms with E-state index in [-0.39, 0.29) is 36.2 Å². The lowest BCUT2D eigenvalue weighted by atomic mass is 9.88. The summed E-state index contributed by atoms with van der Waals surface area (Å²) in [5, 5.41) is 10.4. The molecule has 0 radical (unpaired) electrons. The van der Waals surface area contributed by atoms with Crippen LogP contribution in [0.15, 0.2) is 35.2 Å². The topological polar surface area (TPSA) is 107 Å². The summed E-state index contributed by atoms with van der Waals surface area (Å²) in [5.41, 5.74) is 0. The predicted molar refractivity (Wildman–Crippen MR) is 103 cm³/mol. The number of rotatable bonds is 5. The highest BCUT2D eigenvalue weighted by molar-refractivity contribution is 7.92. The van der Waals surface area contributed by atoms with Crippen molar-refractivity contribution in [3.8, 4) is 6.07 Å². The summed E-state index contributed by atoms with van der Waals surface area (Å²) in [4.78, 5) is 27.3. The molecular formula is C20H25N3O4S. The Morgan fingerprint density at radius 3 is 2.46 bits per heavy atom. The molecule has 1 saturated heterocycles. The Morgan fingerprint density at radius 1 is 1.14 bits per heavy atom. The van der Waals surface area contributed by atoms with Crippen molar-refractivity contribution in [2.24, 2.45) is 5.92 Å². The molecule has 1 aromatic rings. The third-order valence-corrected chi connectivity index (χ3v) is 7.80. The number of hydrogen-bond acceptors (Lipinski definition) is 5. The number of nitrogens with one attached hydrogen (secondary N) is 1. The van der Waals surface area contributed by atoms with Crippen LogP contribution in [0.25, 0.3) is 0 Å². The molecule has 2 fully saturated rings. The minimum Gasteiger partial charge on any atom is -0.341 e. The van der Waals surface area contributed by atoms with E-state index in [9.17, 15) is 18.0 Å². The Bertz CT molecular complexity index is 857. The molecule has 1 N–H and O–H groups in total. The van der Waals surface area contributed by atoms with E-state index < -0.39 is 27.0 Å². The Hall–Kier alpha value is -2.40. The van der Waals surface area contributed by atoms with Crippen LogP contribution in [0.1, 0.15) is 38.5 Å². The third-order valence-electron chi connectivity index (χ3n) is 5.66. The minimum atomic E-state index is -3.66. The summed E-state index contributed by atoms with van der Waals surface area (Å²) in [7, 11) is -3.66. The van der Waals surface area contributed by atoms with E-state index in [1.165, 1.54) is 17.0 Å². The van der Waals surface area contributed by atoms with Crippen LogP contribution < -0.4 is 5.32 Å². The van der Waals surface area contributed by atoms with Crippen LogP contribution in [0.4, 0.5) is 0 Å². The largest absolute Gasteiger partial charge is 0.341 e.